The normalized spacial score (nSPS) is 16.8. The van der Waals surface area contributed by atoms with Gasteiger partial charge in [0.25, 0.3) is 5.91 Å². The third kappa shape index (κ3) is 2.85. The fourth-order valence-electron chi connectivity index (χ4n) is 2.41. The maximum Gasteiger partial charge on any atom is 0.253 e. The lowest BCUT2D eigenvalue weighted by atomic mass is 10.00. The number of halogens is 2. The van der Waals surface area contributed by atoms with E-state index in [-0.39, 0.29) is 17.0 Å². The van der Waals surface area contributed by atoms with Gasteiger partial charge >= 0.3 is 0 Å². The largest absolute Gasteiger partial charge is 0.493 e. The third-order valence-corrected chi connectivity index (χ3v) is 4.28. The number of carbonyl (C=O) groups excluding carboxylic acids is 1. The lowest BCUT2D eigenvalue weighted by molar-refractivity contribution is 0.0925. The van der Waals surface area contributed by atoms with Crippen LogP contribution in [0.2, 0.25) is 10.0 Å². The molecule has 0 saturated heterocycles. The lowest BCUT2D eigenvalue weighted by Gasteiger charge is -2.26. The maximum absolute atomic E-state index is 12.4. The molecule has 2 aromatic carbocycles. The fourth-order valence-corrected chi connectivity index (χ4v) is 2.79. The van der Waals surface area contributed by atoms with Gasteiger partial charge in [-0.25, -0.2) is 0 Å². The number of fused-ring (bicyclic) bond motifs is 1. The number of nitrogens with one attached hydrogen (secondary N) is 1. The topological polar surface area (TPSA) is 38.3 Å². The molecular formula is C16H13Cl2NO2. The van der Waals surface area contributed by atoms with Crippen molar-refractivity contribution in [3.05, 3.63) is 63.6 Å². The first-order chi connectivity index (χ1) is 10.2. The van der Waals surface area contributed by atoms with Crippen LogP contribution in [0, 0.1) is 0 Å². The standard InChI is InChI=1S/C16H13Cl2NO2/c17-12-6-3-5-11(15(12)18)16(20)19-13-8-9-21-14-7-2-1-4-10(13)14/h1-7,13H,8-9H2,(H,19,20)/t13-/m0/s1. The molecule has 0 fully saturated rings. The number of benzene rings is 2. The van der Waals surface area contributed by atoms with Gasteiger partial charge in [0.1, 0.15) is 5.75 Å². The lowest BCUT2D eigenvalue weighted by Crippen LogP contribution is -2.32. The first-order valence-corrected chi connectivity index (χ1v) is 7.39. The van der Waals surface area contributed by atoms with Crippen molar-refractivity contribution < 1.29 is 9.53 Å². The number of rotatable bonds is 2. The summed E-state index contributed by atoms with van der Waals surface area (Å²) in [5.74, 6) is 0.579. The Kier molecular flexibility index (Phi) is 4.04. The Hall–Kier alpha value is -1.71. The monoisotopic (exact) mass is 321 g/mol. The first kappa shape index (κ1) is 14.2. The predicted molar refractivity (Wildman–Crippen MR) is 83.2 cm³/mol. The summed E-state index contributed by atoms with van der Waals surface area (Å²) >= 11 is 12.0. The van der Waals surface area contributed by atoms with E-state index < -0.39 is 0 Å². The smallest absolute Gasteiger partial charge is 0.253 e. The molecule has 2 aromatic rings. The number of hydrogen-bond donors (Lipinski definition) is 1. The number of para-hydroxylation sites is 1. The van der Waals surface area contributed by atoms with Crippen LogP contribution in [0.25, 0.3) is 0 Å². The molecule has 1 N–H and O–H groups in total. The third-order valence-electron chi connectivity index (χ3n) is 3.46. The molecule has 3 rings (SSSR count). The summed E-state index contributed by atoms with van der Waals surface area (Å²) in [6, 6.07) is 12.6. The second kappa shape index (κ2) is 5.96. The SMILES string of the molecule is O=C(N[C@H]1CCOc2ccccc21)c1cccc(Cl)c1Cl. The van der Waals surface area contributed by atoms with E-state index >= 15 is 0 Å². The minimum atomic E-state index is -0.232. The average molecular weight is 322 g/mol. The van der Waals surface area contributed by atoms with Crippen molar-refractivity contribution >= 4 is 29.1 Å². The Balaban J connectivity index is 1.85. The van der Waals surface area contributed by atoms with Crippen molar-refractivity contribution in [1.82, 2.24) is 5.32 Å². The van der Waals surface area contributed by atoms with Crippen LogP contribution in [0.15, 0.2) is 42.5 Å². The molecule has 108 valence electrons. The highest BCUT2D eigenvalue weighted by atomic mass is 35.5. The van der Waals surface area contributed by atoms with Gasteiger partial charge in [0.05, 0.1) is 28.3 Å². The van der Waals surface area contributed by atoms with Gasteiger partial charge in [0.2, 0.25) is 0 Å². The summed E-state index contributed by atoms with van der Waals surface area (Å²) in [6.07, 6.45) is 0.723. The van der Waals surface area contributed by atoms with Crippen molar-refractivity contribution in [2.45, 2.75) is 12.5 Å². The highest BCUT2D eigenvalue weighted by Crippen LogP contribution is 2.32. The number of carbonyl (C=O) groups is 1. The van der Waals surface area contributed by atoms with E-state index in [4.69, 9.17) is 27.9 Å². The molecule has 0 spiro atoms. The molecule has 0 aliphatic carbocycles. The summed E-state index contributed by atoms with van der Waals surface area (Å²) < 4.78 is 5.59. The highest BCUT2D eigenvalue weighted by molar-refractivity contribution is 6.43. The second-order valence-corrected chi connectivity index (χ2v) is 5.59. The van der Waals surface area contributed by atoms with Gasteiger partial charge in [-0.2, -0.15) is 0 Å². The Morgan fingerprint density at radius 1 is 1.14 bits per heavy atom. The molecule has 1 atom stereocenters. The maximum atomic E-state index is 12.4. The van der Waals surface area contributed by atoms with Crippen molar-refractivity contribution in [3.8, 4) is 5.75 Å². The highest BCUT2D eigenvalue weighted by Gasteiger charge is 2.24. The summed E-state index contributed by atoms with van der Waals surface area (Å²) in [6.45, 7) is 0.575. The van der Waals surface area contributed by atoms with Crippen LogP contribution in [0.4, 0.5) is 0 Å². The molecule has 1 aliphatic rings. The van der Waals surface area contributed by atoms with E-state index in [2.05, 4.69) is 5.32 Å². The van der Waals surface area contributed by atoms with Crippen molar-refractivity contribution in [2.75, 3.05) is 6.61 Å². The van der Waals surface area contributed by atoms with Gasteiger partial charge in [0, 0.05) is 12.0 Å². The minimum absolute atomic E-state index is 0.0856. The van der Waals surface area contributed by atoms with Crippen LogP contribution in [0.5, 0.6) is 5.75 Å². The Labute approximate surface area is 132 Å². The Morgan fingerprint density at radius 3 is 2.81 bits per heavy atom. The molecule has 0 saturated carbocycles. The zero-order valence-electron chi connectivity index (χ0n) is 11.1. The van der Waals surface area contributed by atoms with Crippen LogP contribution in [-0.4, -0.2) is 12.5 Å². The van der Waals surface area contributed by atoms with E-state index in [0.717, 1.165) is 17.7 Å². The summed E-state index contributed by atoms with van der Waals surface area (Å²) in [5.41, 5.74) is 1.36. The first-order valence-electron chi connectivity index (χ1n) is 6.63. The van der Waals surface area contributed by atoms with Gasteiger partial charge in [-0.1, -0.05) is 47.5 Å². The number of hydrogen-bond acceptors (Lipinski definition) is 2. The van der Waals surface area contributed by atoms with E-state index in [1.165, 1.54) is 0 Å². The van der Waals surface area contributed by atoms with Crippen molar-refractivity contribution in [1.29, 1.82) is 0 Å². The van der Waals surface area contributed by atoms with Crippen LogP contribution in [0.3, 0.4) is 0 Å². The molecule has 3 nitrogen and oxygen atoms in total. The quantitative estimate of drug-likeness (QED) is 0.898. The fraction of sp³-hybridized carbons (Fsp3) is 0.188. The van der Waals surface area contributed by atoms with E-state index in [0.29, 0.717) is 17.2 Å². The zero-order valence-corrected chi connectivity index (χ0v) is 12.6. The van der Waals surface area contributed by atoms with Gasteiger partial charge in [-0.3, -0.25) is 4.79 Å². The molecule has 0 aromatic heterocycles. The molecule has 1 heterocycles. The summed E-state index contributed by atoms with van der Waals surface area (Å²) in [7, 11) is 0. The van der Waals surface area contributed by atoms with Crippen LogP contribution in [0.1, 0.15) is 28.4 Å². The predicted octanol–water partition coefficient (Wildman–Crippen LogP) is 4.25. The molecule has 1 aliphatic heterocycles. The van der Waals surface area contributed by atoms with Crippen molar-refractivity contribution in [3.63, 3.8) is 0 Å². The molecule has 0 bridgehead atoms. The van der Waals surface area contributed by atoms with E-state index in [9.17, 15) is 4.79 Å². The van der Waals surface area contributed by atoms with E-state index in [1.54, 1.807) is 18.2 Å². The summed E-state index contributed by atoms with van der Waals surface area (Å²) in [5, 5.41) is 3.64. The summed E-state index contributed by atoms with van der Waals surface area (Å²) in [4.78, 5) is 12.4. The second-order valence-electron chi connectivity index (χ2n) is 4.80. The van der Waals surface area contributed by atoms with Gasteiger partial charge in [0.15, 0.2) is 0 Å². The minimum Gasteiger partial charge on any atom is -0.493 e. The molecule has 1 amide bonds. The van der Waals surface area contributed by atoms with E-state index in [1.807, 2.05) is 24.3 Å². The van der Waals surface area contributed by atoms with Crippen molar-refractivity contribution in [2.24, 2.45) is 0 Å². The molecule has 21 heavy (non-hydrogen) atoms. The van der Waals surface area contributed by atoms with Gasteiger partial charge in [-0.05, 0) is 18.2 Å². The van der Waals surface area contributed by atoms with Crippen LogP contribution in [-0.2, 0) is 0 Å². The average Bonchev–Trinajstić information content (AvgIpc) is 2.50. The van der Waals surface area contributed by atoms with Crippen LogP contribution >= 0.6 is 23.2 Å². The van der Waals surface area contributed by atoms with Crippen LogP contribution < -0.4 is 10.1 Å². The van der Waals surface area contributed by atoms with Gasteiger partial charge < -0.3 is 10.1 Å². The Bertz CT molecular complexity index is 688. The zero-order chi connectivity index (χ0) is 14.8. The molecule has 0 radical (unpaired) electrons. The number of amides is 1. The molecule has 5 heteroatoms. The Morgan fingerprint density at radius 2 is 1.95 bits per heavy atom. The number of ether oxygens (including phenoxy) is 1. The molecular weight excluding hydrogens is 309 g/mol. The molecule has 0 unspecified atom stereocenters. The van der Waals surface area contributed by atoms with Gasteiger partial charge in [-0.15, -0.1) is 0 Å².